The molecule has 1 unspecified atom stereocenters. The van der Waals surface area contributed by atoms with Crippen molar-refractivity contribution in [2.75, 3.05) is 25.7 Å². The lowest BCUT2D eigenvalue weighted by Gasteiger charge is -2.09. The van der Waals surface area contributed by atoms with Crippen LogP contribution in [0.15, 0.2) is 18.2 Å². The van der Waals surface area contributed by atoms with Crippen LogP contribution in [-0.4, -0.2) is 29.9 Å². The summed E-state index contributed by atoms with van der Waals surface area (Å²) in [4.78, 5) is 0. The molecule has 0 fully saturated rings. The van der Waals surface area contributed by atoms with Gasteiger partial charge in [-0.15, -0.1) is 0 Å². The van der Waals surface area contributed by atoms with Gasteiger partial charge in [0.25, 0.3) is 0 Å². The van der Waals surface area contributed by atoms with Gasteiger partial charge < -0.3 is 10.1 Å². The molecule has 0 saturated carbocycles. The van der Waals surface area contributed by atoms with Crippen molar-refractivity contribution >= 4 is 22.4 Å². The van der Waals surface area contributed by atoms with Gasteiger partial charge in [-0.2, -0.15) is 0 Å². The minimum atomic E-state index is -0.709. The fourth-order valence-corrected chi connectivity index (χ4v) is 2.25. The normalized spacial score (nSPS) is 12.4. The molecule has 1 atom stereocenters. The lowest BCUT2D eigenvalue weighted by atomic mass is 10.2. The van der Waals surface area contributed by atoms with Gasteiger partial charge in [0, 0.05) is 39.9 Å². The van der Waals surface area contributed by atoms with E-state index in [1.54, 1.807) is 13.4 Å². The maximum atomic E-state index is 10.9. The number of nitrogens with one attached hydrogen (secondary N) is 1. The summed E-state index contributed by atoms with van der Waals surface area (Å²) in [7, 11) is 0.937. The highest BCUT2D eigenvalue weighted by atomic mass is 35.5. The molecule has 5 heteroatoms. The van der Waals surface area contributed by atoms with E-state index in [2.05, 4.69) is 5.32 Å². The van der Waals surface area contributed by atoms with Crippen molar-refractivity contribution in [1.82, 2.24) is 5.32 Å². The highest BCUT2D eigenvalue weighted by Crippen LogP contribution is 2.22. The van der Waals surface area contributed by atoms with Crippen LogP contribution in [0.4, 0.5) is 0 Å². The van der Waals surface area contributed by atoms with Gasteiger partial charge in [-0.05, 0) is 31.2 Å². The Morgan fingerprint density at radius 1 is 1.47 bits per heavy atom. The molecule has 0 amide bonds. The molecule has 0 aliphatic carbocycles. The Bertz CT molecular complexity index is 385. The SMILES string of the molecule is COc1ccc(Cl)cc1CNCCCS(C)=O. The van der Waals surface area contributed by atoms with Crippen LogP contribution in [0, 0.1) is 0 Å². The molecule has 0 aliphatic heterocycles. The van der Waals surface area contributed by atoms with Crippen molar-refractivity contribution < 1.29 is 8.95 Å². The van der Waals surface area contributed by atoms with Crippen molar-refractivity contribution in [3.8, 4) is 5.75 Å². The molecule has 0 saturated heterocycles. The van der Waals surface area contributed by atoms with Gasteiger partial charge in [-0.25, -0.2) is 0 Å². The van der Waals surface area contributed by atoms with Crippen LogP contribution in [0.3, 0.4) is 0 Å². The first kappa shape index (κ1) is 14.5. The van der Waals surface area contributed by atoms with Crippen molar-refractivity contribution in [2.45, 2.75) is 13.0 Å². The lowest BCUT2D eigenvalue weighted by molar-refractivity contribution is 0.407. The summed E-state index contributed by atoms with van der Waals surface area (Å²) in [6, 6.07) is 5.57. The van der Waals surface area contributed by atoms with Gasteiger partial charge in [0.15, 0.2) is 0 Å². The largest absolute Gasteiger partial charge is 0.496 e. The fraction of sp³-hybridized carbons (Fsp3) is 0.500. The predicted molar refractivity (Wildman–Crippen MR) is 73.3 cm³/mol. The summed E-state index contributed by atoms with van der Waals surface area (Å²) in [6.45, 7) is 1.55. The molecule has 3 nitrogen and oxygen atoms in total. The average molecular weight is 276 g/mol. The van der Waals surface area contributed by atoms with Crippen LogP contribution in [0.2, 0.25) is 5.02 Å². The van der Waals surface area contributed by atoms with Crippen molar-refractivity contribution in [3.63, 3.8) is 0 Å². The number of benzene rings is 1. The molecule has 1 aromatic rings. The van der Waals surface area contributed by atoms with Crippen molar-refractivity contribution in [2.24, 2.45) is 0 Å². The van der Waals surface area contributed by atoms with E-state index in [1.165, 1.54) is 0 Å². The Labute approximate surface area is 110 Å². The Balaban J connectivity index is 2.40. The summed E-state index contributed by atoms with van der Waals surface area (Å²) < 4.78 is 16.1. The number of hydrogen-bond acceptors (Lipinski definition) is 3. The zero-order valence-corrected chi connectivity index (χ0v) is 11.7. The number of ether oxygens (including phenoxy) is 1. The van der Waals surface area contributed by atoms with E-state index in [0.29, 0.717) is 11.6 Å². The Kier molecular flexibility index (Phi) is 6.55. The summed E-state index contributed by atoms with van der Waals surface area (Å²) in [5.41, 5.74) is 1.04. The van der Waals surface area contributed by atoms with Crippen LogP contribution >= 0.6 is 11.6 Å². The number of methoxy groups -OCH3 is 1. The fourth-order valence-electron chi connectivity index (χ4n) is 1.51. The molecule has 1 rings (SSSR count). The maximum Gasteiger partial charge on any atom is 0.123 e. The van der Waals surface area contributed by atoms with Crippen molar-refractivity contribution in [1.29, 1.82) is 0 Å². The van der Waals surface area contributed by atoms with Crippen LogP contribution in [0.25, 0.3) is 0 Å². The van der Waals surface area contributed by atoms with E-state index in [-0.39, 0.29) is 0 Å². The topological polar surface area (TPSA) is 38.3 Å². The van der Waals surface area contributed by atoms with Crippen molar-refractivity contribution in [3.05, 3.63) is 28.8 Å². The van der Waals surface area contributed by atoms with Gasteiger partial charge >= 0.3 is 0 Å². The van der Waals surface area contributed by atoms with Crippen LogP contribution in [0.5, 0.6) is 5.75 Å². The Morgan fingerprint density at radius 2 is 2.24 bits per heavy atom. The third-order valence-corrected chi connectivity index (χ3v) is 3.44. The predicted octanol–water partition coefficient (Wildman–Crippen LogP) is 2.21. The summed E-state index contributed by atoms with van der Waals surface area (Å²) in [5.74, 6) is 1.57. The monoisotopic (exact) mass is 275 g/mol. The van der Waals surface area contributed by atoms with E-state index < -0.39 is 10.8 Å². The van der Waals surface area contributed by atoms with E-state index in [0.717, 1.165) is 30.0 Å². The molecule has 0 bridgehead atoms. The van der Waals surface area contributed by atoms with Gasteiger partial charge in [0.2, 0.25) is 0 Å². The van der Waals surface area contributed by atoms with Crippen LogP contribution in [-0.2, 0) is 17.3 Å². The lowest BCUT2D eigenvalue weighted by Crippen LogP contribution is -2.17. The number of hydrogen-bond donors (Lipinski definition) is 1. The standard InChI is InChI=1S/C12H18ClNO2S/c1-16-12-5-4-11(13)8-10(12)9-14-6-3-7-17(2)15/h4-5,8,14H,3,6-7,9H2,1-2H3. The Morgan fingerprint density at radius 3 is 2.88 bits per heavy atom. The van der Waals surface area contributed by atoms with E-state index in [1.807, 2.05) is 18.2 Å². The minimum Gasteiger partial charge on any atom is -0.496 e. The smallest absolute Gasteiger partial charge is 0.123 e. The van der Waals surface area contributed by atoms with Gasteiger partial charge in [-0.3, -0.25) is 4.21 Å². The molecule has 0 aromatic heterocycles. The Hall–Kier alpha value is -0.580. The molecule has 17 heavy (non-hydrogen) atoms. The quantitative estimate of drug-likeness (QED) is 0.776. The van der Waals surface area contributed by atoms with Crippen LogP contribution in [0.1, 0.15) is 12.0 Å². The molecule has 0 spiro atoms. The van der Waals surface area contributed by atoms with E-state index >= 15 is 0 Å². The van der Waals surface area contributed by atoms with E-state index in [4.69, 9.17) is 16.3 Å². The first-order chi connectivity index (χ1) is 8.13. The zero-order valence-electron chi connectivity index (χ0n) is 10.2. The molecular formula is C12H18ClNO2S. The number of rotatable bonds is 7. The molecule has 1 N–H and O–H groups in total. The van der Waals surface area contributed by atoms with Crippen LogP contribution < -0.4 is 10.1 Å². The molecule has 0 heterocycles. The summed E-state index contributed by atoms with van der Waals surface area (Å²) in [5, 5.41) is 3.99. The highest BCUT2D eigenvalue weighted by Gasteiger charge is 2.03. The second-order valence-electron chi connectivity index (χ2n) is 3.76. The third-order valence-electron chi connectivity index (χ3n) is 2.34. The minimum absolute atomic E-state index is 0.706. The summed E-state index contributed by atoms with van der Waals surface area (Å²) in [6.07, 6.45) is 2.63. The highest BCUT2D eigenvalue weighted by molar-refractivity contribution is 7.84. The zero-order chi connectivity index (χ0) is 12.7. The van der Waals surface area contributed by atoms with Gasteiger partial charge in [0.05, 0.1) is 7.11 Å². The first-order valence-electron chi connectivity index (χ1n) is 5.46. The molecule has 0 aliphatic rings. The second-order valence-corrected chi connectivity index (χ2v) is 5.75. The number of halogens is 1. The maximum absolute atomic E-state index is 10.9. The molecule has 0 radical (unpaired) electrons. The van der Waals surface area contributed by atoms with Gasteiger partial charge in [0.1, 0.15) is 5.75 Å². The van der Waals surface area contributed by atoms with Gasteiger partial charge in [-0.1, -0.05) is 11.6 Å². The second kappa shape index (κ2) is 7.69. The third kappa shape index (κ3) is 5.52. The molecule has 1 aromatic carbocycles. The molecular weight excluding hydrogens is 258 g/mol. The van der Waals surface area contributed by atoms with E-state index in [9.17, 15) is 4.21 Å². The first-order valence-corrected chi connectivity index (χ1v) is 7.57. The molecule has 96 valence electrons. The summed E-state index contributed by atoms with van der Waals surface area (Å²) >= 11 is 5.93. The average Bonchev–Trinajstić information content (AvgIpc) is 2.28.